The zero-order valence-electron chi connectivity index (χ0n) is 16.0. The van der Waals surface area contributed by atoms with E-state index in [1.54, 1.807) is 37.3 Å². The number of hydrogen-bond acceptors (Lipinski definition) is 8. The molecule has 1 aromatic heterocycles. The number of nitro groups is 1. The highest BCUT2D eigenvalue weighted by atomic mass is 32.2. The summed E-state index contributed by atoms with van der Waals surface area (Å²) in [4.78, 5) is 36.3. The first-order valence-corrected chi connectivity index (χ1v) is 10.4. The van der Waals surface area contributed by atoms with Gasteiger partial charge in [0.25, 0.3) is 11.6 Å². The molecule has 1 aliphatic rings. The van der Waals surface area contributed by atoms with Crippen molar-refractivity contribution < 1.29 is 23.7 Å². The second-order valence-corrected chi connectivity index (χ2v) is 7.92. The molecule has 1 aromatic carbocycles. The summed E-state index contributed by atoms with van der Waals surface area (Å²) in [6.07, 6.45) is 2.30. The van der Waals surface area contributed by atoms with Crippen molar-refractivity contribution in [1.82, 2.24) is 4.90 Å². The highest BCUT2D eigenvalue weighted by molar-refractivity contribution is 8.26. The van der Waals surface area contributed by atoms with Crippen molar-refractivity contribution in [3.05, 3.63) is 57.2 Å². The average molecular weight is 447 g/mol. The fourth-order valence-corrected chi connectivity index (χ4v) is 4.06. The van der Waals surface area contributed by atoms with Gasteiger partial charge in [0.05, 0.1) is 16.4 Å². The SMILES string of the molecule is CCOC(=O)CCCN1C(=O)/C(=C\c2ccc(-c3ccc([N+](=O)[O-])cc3)o2)SC1=S. The molecule has 0 N–H and O–H groups in total. The van der Waals surface area contributed by atoms with Crippen LogP contribution in [0.15, 0.2) is 45.7 Å². The Balaban J connectivity index is 1.66. The minimum absolute atomic E-state index is 0.00263. The number of thiocarbonyl (C=S) groups is 1. The highest BCUT2D eigenvalue weighted by Crippen LogP contribution is 2.34. The Morgan fingerprint density at radius 1 is 1.30 bits per heavy atom. The summed E-state index contributed by atoms with van der Waals surface area (Å²) >= 11 is 6.46. The van der Waals surface area contributed by atoms with Crippen molar-refractivity contribution in [2.24, 2.45) is 0 Å². The van der Waals surface area contributed by atoms with Crippen LogP contribution in [0, 0.1) is 10.1 Å². The average Bonchev–Trinajstić information content (AvgIpc) is 3.28. The van der Waals surface area contributed by atoms with Crippen LogP contribution in [0.2, 0.25) is 0 Å². The standard InChI is InChI=1S/C20H18N2O6S2/c1-2-27-18(23)4-3-11-21-19(24)17(30-20(21)29)12-15-9-10-16(28-15)13-5-7-14(8-6-13)22(25)26/h5-10,12H,2-4,11H2,1H3/b17-12+. The largest absolute Gasteiger partial charge is 0.466 e. The van der Waals surface area contributed by atoms with Crippen molar-refractivity contribution in [1.29, 1.82) is 0 Å². The molecule has 0 bridgehead atoms. The van der Waals surface area contributed by atoms with Crippen molar-refractivity contribution in [3.8, 4) is 11.3 Å². The molecular weight excluding hydrogens is 428 g/mol. The van der Waals surface area contributed by atoms with E-state index in [1.807, 2.05) is 0 Å². The molecule has 10 heteroatoms. The Labute approximate surface area is 182 Å². The lowest BCUT2D eigenvalue weighted by atomic mass is 10.1. The van der Waals surface area contributed by atoms with E-state index < -0.39 is 4.92 Å². The molecule has 2 heterocycles. The first kappa shape index (κ1) is 21.7. The lowest BCUT2D eigenvalue weighted by Crippen LogP contribution is -2.29. The van der Waals surface area contributed by atoms with Gasteiger partial charge in [-0.15, -0.1) is 0 Å². The maximum atomic E-state index is 12.6. The van der Waals surface area contributed by atoms with Crippen LogP contribution >= 0.6 is 24.0 Å². The molecule has 0 aliphatic carbocycles. The topological polar surface area (TPSA) is 103 Å². The molecule has 1 aliphatic heterocycles. The van der Waals surface area contributed by atoms with Crippen LogP contribution in [0.3, 0.4) is 0 Å². The van der Waals surface area contributed by atoms with E-state index in [0.29, 0.717) is 45.9 Å². The Morgan fingerprint density at radius 3 is 2.70 bits per heavy atom. The van der Waals surface area contributed by atoms with E-state index >= 15 is 0 Å². The molecule has 1 fully saturated rings. The van der Waals surface area contributed by atoms with Gasteiger partial charge < -0.3 is 9.15 Å². The number of amides is 1. The molecule has 2 aromatic rings. The summed E-state index contributed by atoms with van der Waals surface area (Å²) in [7, 11) is 0. The fourth-order valence-electron chi connectivity index (χ4n) is 2.77. The maximum absolute atomic E-state index is 12.6. The Morgan fingerprint density at radius 2 is 2.03 bits per heavy atom. The predicted molar refractivity (Wildman–Crippen MR) is 117 cm³/mol. The summed E-state index contributed by atoms with van der Waals surface area (Å²) in [6.45, 7) is 2.41. The summed E-state index contributed by atoms with van der Waals surface area (Å²) in [5.74, 6) is 0.464. The van der Waals surface area contributed by atoms with Gasteiger partial charge in [0.15, 0.2) is 0 Å². The number of non-ortho nitro benzene ring substituents is 1. The fraction of sp³-hybridized carbons (Fsp3) is 0.250. The summed E-state index contributed by atoms with van der Waals surface area (Å²) in [5, 5.41) is 10.8. The van der Waals surface area contributed by atoms with Gasteiger partial charge in [0.1, 0.15) is 15.8 Å². The number of thioether (sulfide) groups is 1. The molecule has 1 saturated heterocycles. The van der Waals surface area contributed by atoms with E-state index in [2.05, 4.69) is 0 Å². The summed E-state index contributed by atoms with van der Waals surface area (Å²) in [5.41, 5.74) is 0.684. The zero-order chi connectivity index (χ0) is 21.7. The van der Waals surface area contributed by atoms with Gasteiger partial charge in [0.2, 0.25) is 0 Å². The third-order valence-corrected chi connectivity index (χ3v) is 5.58. The molecule has 8 nitrogen and oxygen atoms in total. The number of esters is 1. The van der Waals surface area contributed by atoms with E-state index in [-0.39, 0.29) is 24.0 Å². The molecule has 0 spiro atoms. The monoisotopic (exact) mass is 446 g/mol. The van der Waals surface area contributed by atoms with Gasteiger partial charge in [-0.2, -0.15) is 0 Å². The summed E-state index contributed by atoms with van der Waals surface area (Å²) in [6, 6.07) is 9.45. The third-order valence-electron chi connectivity index (χ3n) is 4.20. The summed E-state index contributed by atoms with van der Waals surface area (Å²) < 4.78 is 11.1. The Kier molecular flexibility index (Phi) is 7.01. The third kappa shape index (κ3) is 5.14. The number of nitro benzene ring substituents is 1. The van der Waals surface area contributed by atoms with E-state index in [9.17, 15) is 19.7 Å². The van der Waals surface area contributed by atoms with Gasteiger partial charge in [-0.3, -0.25) is 24.6 Å². The number of hydrogen-bond donors (Lipinski definition) is 0. The number of carbonyl (C=O) groups excluding carboxylic acids is 2. The number of ether oxygens (including phenoxy) is 1. The van der Waals surface area contributed by atoms with Crippen LogP contribution in [0.5, 0.6) is 0 Å². The first-order valence-electron chi connectivity index (χ1n) is 9.14. The van der Waals surface area contributed by atoms with Gasteiger partial charge in [-0.25, -0.2) is 0 Å². The Hall–Kier alpha value is -2.98. The van der Waals surface area contributed by atoms with Crippen molar-refractivity contribution in [3.63, 3.8) is 0 Å². The normalized spacial score (nSPS) is 15.1. The molecule has 0 unspecified atom stereocenters. The van der Waals surface area contributed by atoms with E-state index in [4.69, 9.17) is 21.4 Å². The number of benzene rings is 1. The number of furan rings is 1. The molecular formula is C20H18N2O6S2. The molecule has 156 valence electrons. The lowest BCUT2D eigenvalue weighted by molar-refractivity contribution is -0.384. The molecule has 30 heavy (non-hydrogen) atoms. The number of rotatable bonds is 8. The molecule has 0 atom stereocenters. The van der Waals surface area contributed by atoms with Gasteiger partial charge in [0, 0.05) is 36.7 Å². The second-order valence-electron chi connectivity index (χ2n) is 6.25. The van der Waals surface area contributed by atoms with E-state index in [0.717, 1.165) is 0 Å². The second kappa shape index (κ2) is 9.68. The quantitative estimate of drug-likeness (QED) is 0.193. The molecule has 3 rings (SSSR count). The predicted octanol–water partition coefficient (Wildman–Crippen LogP) is 4.40. The van der Waals surface area contributed by atoms with Gasteiger partial charge in [-0.05, 0) is 37.6 Å². The van der Waals surface area contributed by atoms with E-state index in [1.165, 1.54) is 28.8 Å². The molecule has 1 amide bonds. The minimum atomic E-state index is -0.466. The molecule has 0 radical (unpaired) electrons. The van der Waals surface area contributed by atoms with Crippen LogP contribution in [-0.4, -0.2) is 39.2 Å². The smallest absolute Gasteiger partial charge is 0.305 e. The van der Waals surface area contributed by atoms with Crippen LogP contribution in [0.4, 0.5) is 5.69 Å². The number of carbonyl (C=O) groups is 2. The zero-order valence-corrected chi connectivity index (χ0v) is 17.7. The van der Waals surface area contributed by atoms with Crippen LogP contribution < -0.4 is 0 Å². The van der Waals surface area contributed by atoms with Crippen molar-refractivity contribution in [2.45, 2.75) is 19.8 Å². The number of nitrogens with zero attached hydrogens (tertiary/aromatic N) is 2. The van der Waals surface area contributed by atoms with Crippen LogP contribution in [0.25, 0.3) is 17.4 Å². The lowest BCUT2D eigenvalue weighted by Gasteiger charge is -2.13. The van der Waals surface area contributed by atoms with Crippen molar-refractivity contribution in [2.75, 3.05) is 13.2 Å². The van der Waals surface area contributed by atoms with Crippen LogP contribution in [-0.2, 0) is 14.3 Å². The minimum Gasteiger partial charge on any atom is -0.466 e. The van der Waals surface area contributed by atoms with Crippen molar-refractivity contribution >= 4 is 51.9 Å². The highest BCUT2D eigenvalue weighted by Gasteiger charge is 2.32. The molecule has 0 saturated carbocycles. The Bertz CT molecular complexity index is 1010. The van der Waals surface area contributed by atoms with Crippen LogP contribution in [0.1, 0.15) is 25.5 Å². The first-order chi connectivity index (χ1) is 14.4. The van der Waals surface area contributed by atoms with Gasteiger partial charge in [-0.1, -0.05) is 24.0 Å². The van der Waals surface area contributed by atoms with Gasteiger partial charge >= 0.3 is 5.97 Å². The maximum Gasteiger partial charge on any atom is 0.305 e.